The van der Waals surface area contributed by atoms with Crippen LogP contribution in [0.2, 0.25) is 0 Å². The second-order valence-corrected chi connectivity index (χ2v) is 11.6. The molecule has 0 aromatic carbocycles. The van der Waals surface area contributed by atoms with Crippen molar-refractivity contribution >= 4 is 32.6 Å². The number of nitrogens with zero attached hydrogens (tertiary/aromatic N) is 6. The van der Waals surface area contributed by atoms with E-state index in [2.05, 4.69) is 24.8 Å². The number of sulfonamides is 1. The van der Waals surface area contributed by atoms with Gasteiger partial charge in [0.15, 0.2) is 15.8 Å². The molecule has 1 aliphatic carbocycles. The van der Waals surface area contributed by atoms with Crippen molar-refractivity contribution in [3.63, 3.8) is 0 Å². The third-order valence-corrected chi connectivity index (χ3v) is 9.03. The fourth-order valence-corrected chi connectivity index (χ4v) is 6.67. The Labute approximate surface area is 197 Å². The van der Waals surface area contributed by atoms with Gasteiger partial charge in [0.2, 0.25) is 10.0 Å². The SMILES string of the molecule is N#CC1(NS(=O)(=O)c2cc(N3CC4COCC4C3)c3cnc(-c4nnc(C(F)F)s4)n3c2)CC1. The van der Waals surface area contributed by atoms with E-state index in [1.165, 1.54) is 6.20 Å². The lowest BCUT2D eigenvalue weighted by Crippen LogP contribution is -2.35. The maximum absolute atomic E-state index is 13.3. The highest BCUT2D eigenvalue weighted by molar-refractivity contribution is 7.89. The van der Waals surface area contributed by atoms with Crippen molar-refractivity contribution in [2.24, 2.45) is 11.8 Å². The van der Waals surface area contributed by atoms with Crippen LogP contribution in [0.4, 0.5) is 14.5 Å². The van der Waals surface area contributed by atoms with Crippen LogP contribution in [0, 0.1) is 23.2 Å². The second-order valence-electron chi connectivity index (χ2n) is 8.91. The summed E-state index contributed by atoms with van der Waals surface area (Å²) in [7, 11) is -4.04. The lowest BCUT2D eigenvalue weighted by Gasteiger charge is -2.22. The van der Waals surface area contributed by atoms with Crippen LogP contribution >= 0.6 is 11.3 Å². The zero-order valence-corrected chi connectivity index (χ0v) is 19.3. The number of imidazole rings is 1. The fraction of sp³-hybridized carbons (Fsp3) is 0.500. The largest absolute Gasteiger partial charge is 0.381 e. The predicted molar refractivity (Wildman–Crippen MR) is 117 cm³/mol. The summed E-state index contributed by atoms with van der Waals surface area (Å²) in [6, 6.07) is 3.62. The zero-order valence-electron chi connectivity index (χ0n) is 17.7. The monoisotopic (exact) mass is 507 g/mol. The van der Waals surface area contributed by atoms with Crippen molar-refractivity contribution in [2.45, 2.75) is 29.7 Å². The van der Waals surface area contributed by atoms with E-state index in [9.17, 15) is 22.5 Å². The molecule has 3 fully saturated rings. The van der Waals surface area contributed by atoms with Gasteiger partial charge in [0.25, 0.3) is 6.43 Å². The molecule has 0 spiro atoms. The minimum absolute atomic E-state index is 0.0392. The van der Waals surface area contributed by atoms with Crippen LogP contribution in [-0.4, -0.2) is 59.8 Å². The molecule has 34 heavy (non-hydrogen) atoms. The van der Waals surface area contributed by atoms with Gasteiger partial charge in [-0.05, 0) is 18.9 Å². The molecule has 6 rings (SSSR count). The summed E-state index contributed by atoms with van der Waals surface area (Å²) in [4.78, 5) is 6.45. The van der Waals surface area contributed by atoms with E-state index in [4.69, 9.17) is 4.74 Å². The Kier molecular flexibility index (Phi) is 4.89. The fourth-order valence-electron chi connectivity index (χ4n) is 4.59. The van der Waals surface area contributed by atoms with E-state index in [0.29, 0.717) is 73.5 Å². The van der Waals surface area contributed by atoms with Crippen LogP contribution in [0.25, 0.3) is 16.3 Å². The number of fused-ring (bicyclic) bond motifs is 2. The molecule has 2 atom stereocenters. The molecule has 1 saturated carbocycles. The first-order valence-electron chi connectivity index (χ1n) is 10.7. The summed E-state index contributed by atoms with van der Waals surface area (Å²) < 4.78 is 62.3. The van der Waals surface area contributed by atoms with Gasteiger partial charge < -0.3 is 9.64 Å². The van der Waals surface area contributed by atoms with E-state index >= 15 is 0 Å². The van der Waals surface area contributed by atoms with Crippen LogP contribution in [0.1, 0.15) is 24.3 Å². The maximum atomic E-state index is 13.3. The topological polar surface area (TPSA) is 126 Å². The Morgan fingerprint density at radius 3 is 2.62 bits per heavy atom. The first kappa shape index (κ1) is 21.8. The van der Waals surface area contributed by atoms with E-state index in [1.807, 2.05) is 6.07 Å². The lowest BCUT2D eigenvalue weighted by molar-refractivity contribution is 0.150. The highest BCUT2D eigenvalue weighted by atomic mass is 32.2. The van der Waals surface area contributed by atoms with Crippen LogP contribution in [0.5, 0.6) is 0 Å². The normalized spacial score (nSPS) is 23.5. The number of aromatic nitrogens is 4. The number of hydrogen-bond donors (Lipinski definition) is 1. The van der Waals surface area contributed by atoms with Crippen molar-refractivity contribution in [3.05, 3.63) is 23.5 Å². The van der Waals surface area contributed by atoms with Crippen LogP contribution in [0.3, 0.4) is 0 Å². The Balaban J connectivity index is 1.48. The number of anilines is 1. The first-order valence-corrected chi connectivity index (χ1v) is 13.0. The summed E-state index contributed by atoms with van der Waals surface area (Å²) in [5.74, 6) is 0.929. The molecule has 0 bridgehead atoms. The van der Waals surface area contributed by atoms with Crippen LogP contribution < -0.4 is 9.62 Å². The molecule has 1 N–H and O–H groups in total. The maximum Gasteiger partial charge on any atom is 0.291 e. The van der Waals surface area contributed by atoms with Crippen LogP contribution in [0.15, 0.2) is 23.4 Å². The molecular formula is C20H19F2N7O3S2. The number of rotatable bonds is 6. The molecule has 5 heterocycles. The van der Waals surface area contributed by atoms with E-state index in [1.54, 1.807) is 16.7 Å². The molecule has 0 radical (unpaired) electrons. The van der Waals surface area contributed by atoms with E-state index in [-0.39, 0.29) is 15.7 Å². The molecule has 10 nitrogen and oxygen atoms in total. The number of nitrogens with one attached hydrogen (secondary N) is 1. The minimum Gasteiger partial charge on any atom is -0.381 e. The Morgan fingerprint density at radius 2 is 2.00 bits per heavy atom. The Bertz CT molecular complexity index is 1420. The molecule has 2 saturated heterocycles. The summed E-state index contributed by atoms with van der Waals surface area (Å²) in [6.45, 7) is 2.73. The zero-order chi connectivity index (χ0) is 23.7. The third kappa shape index (κ3) is 3.54. The molecule has 3 aromatic heterocycles. The number of alkyl halides is 2. The molecule has 178 valence electrons. The van der Waals surface area contributed by atoms with Gasteiger partial charge in [0.1, 0.15) is 10.4 Å². The van der Waals surface area contributed by atoms with Crippen molar-refractivity contribution in [1.29, 1.82) is 5.26 Å². The second kappa shape index (κ2) is 7.64. The molecule has 3 aliphatic rings. The molecule has 0 amide bonds. The highest BCUT2D eigenvalue weighted by Crippen LogP contribution is 2.39. The molecule has 2 unspecified atom stereocenters. The first-order chi connectivity index (χ1) is 16.3. The lowest BCUT2D eigenvalue weighted by atomic mass is 10.0. The quantitative estimate of drug-likeness (QED) is 0.538. The Hall–Kier alpha value is -2.73. The number of hydrogen-bond acceptors (Lipinski definition) is 9. The third-order valence-electron chi connectivity index (χ3n) is 6.60. The van der Waals surface area contributed by atoms with Gasteiger partial charge in [-0.25, -0.2) is 22.2 Å². The van der Waals surface area contributed by atoms with Gasteiger partial charge in [0.05, 0.1) is 36.7 Å². The average molecular weight is 508 g/mol. The molecule has 2 aliphatic heterocycles. The Morgan fingerprint density at radius 1 is 1.26 bits per heavy atom. The number of nitriles is 1. The van der Waals surface area contributed by atoms with E-state index in [0.717, 1.165) is 0 Å². The summed E-state index contributed by atoms with van der Waals surface area (Å²) in [5, 5.41) is 16.5. The number of halogens is 2. The smallest absolute Gasteiger partial charge is 0.291 e. The summed E-state index contributed by atoms with van der Waals surface area (Å²) >= 11 is 0.708. The van der Waals surface area contributed by atoms with Crippen molar-refractivity contribution in [3.8, 4) is 16.9 Å². The highest BCUT2D eigenvalue weighted by Gasteiger charge is 2.47. The van der Waals surface area contributed by atoms with Gasteiger partial charge >= 0.3 is 0 Å². The average Bonchev–Trinajstić information content (AvgIpc) is 3.29. The van der Waals surface area contributed by atoms with Gasteiger partial charge in [-0.2, -0.15) is 9.98 Å². The molecule has 3 aromatic rings. The van der Waals surface area contributed by atoms with Crippen molar-refractivity contribution in [2.75, 3.05) is 31.2 Å². The van der Waals surface area contributed by atoms with Crippen LogP contribution in [-0.2, 0) is 14.8 Å². The summed E-state index contributed by atoms with van der Waals surface area (Å²) in [5.41, 5.74) is 0.209. The van der Waals surface area contributed by atoms with Crippen molar-refractivity contribution < 1.29 is 21.9 Å². The number of pyridine rings is 1. The summed E-state index contributed by atoms with van der Waals surface area (Å²) in [6.07, 6.45) is 1.11. The molecular weight excluding hydrogens is 488 g/mol. The van der Waals surface area contributed by atoms with E-state index < -0.39 is 27.0 Å². The molecule has 14 heteroatoms. The van der Waals surface area contributed by atoms with Gasteiger partial charge in [0, 0.05) is 31.1 Å². The predicted octanol–water partition coefficient (Wildman–Crippen LogP) is 2.21. The minimum atomic E-state index is -4.04. The van der Waals surface area contributed by atoms with Gasteiger partial charge in [-0.3, -0.25) is 4.40 Å². The van der Waals surface area contributed by atoms with Gasteiger partial charge in [-0.1, -0.05) is 11.3 Å². The van der Waals surface area contributed by atoms with Gasteiger partial charge in [-0.15, -0.1) is 10.2 Å². The van der Waals surface area contributed by atoms with Crippen molar-refractivity contribution in [1.82, 2.24) is 24.3 Å². The number of ether oxygens (including phenoxy) is 1. The standard InChI is InChI=1S/C20H19F2N7O3S2/c21-16(22)18-25-26-19(33-18)17-24-4-15-14(28-5-11-8-32-9-12(11)6-28)3-13(7-29(15)17)34(30,31)27-20(10-23)1-2-20/h3-4,7,11-12,16,27H,1-2,5-6,8-9H2.